The van der Waals surface area contributed by atoms with Crippen molar-refractivity contribution in [2.24, 2.45) is 5.92 Å². The third-order valence-corrected chi connectivity index (χ3v) is 5.60. The molecule has 1 aliphatic carbocycles. The molecule has 0 fully saturated rings. The van der Waals surface area contributed by atoms with Crippen molar-refractivity contribution in [3.63, 3.8) is 0 Å². The summed E-state index contributed by atoms with van der Waals surface area (Å²) in [5.41, 5.74) is 3.44. The molecule has 0 saturated heterocycles. The number of amides is 1. The molecule has 2 aromatic rings. The Balaban J connectivity index is 1.66. The third-order valence-electron chi connectivity index (χ3n) is 4.36. The average molecular weight is 303 g/mol. The van der Waals surface area contributed by atoms with Gasteiger partial charge in [0.2, 0.25) is 0 Å². The fraction of sp³-hybridized carbons (Fsp3) is 0.500. The highest BCUT2D eigenvalue weighted by molar-refractivity contribution is 7.14. The van der Waals surface area contributed by atoms with Gasteiger partial charge in [-0.15, -0.1) is 11.3 Å². The second kappa shape index (κ2) is 6.02. The Morgan fingerprint density at radius 3 is 3.14 bits per heavy atom. The first-order chi connectivity index (χ1) is 10.2. The summed E-state index contributed by atoms with van der Waals surface area (Å²) in [6.07, 6.45) is 6.53. The predicted molar refractivity (Wildman–Crippen MR) is 84.6 cm³/mol. The zero-order valence-electron chi connectivity index (χ0n) is 12.5. The summed E-state index contributed by atoms with van der Waals surface area (Å²) in [5, 5.41) is 9.84. The molecule has 0 aliphatic heterocycles. The van der Waals surface area contributed by atoms with E-state index in [-0.39, 0.29) is 5.91 Å². The van der Waals surface area contributed by atoms with Crippen LogP contribution in [0.25, 0.3) is 0 Å². The summed E-state index contributed by atoms with van der Waals surface area (Å²) in [7, 11) is 0. The van der Waals surface area contributed by atoms with Gasteiger partial charge in [0.05, 0.1) is 11.1 Å². The Morgan fingerprint density at radius 2 is 2.43 bits per heavy atom. The number of aryl methyl sites for hydroxylation is 2. The molecule has 2 aromatic heterocycles. The van der Waals surface area contributed by atoms with Gasteiger partial charge >= 0.3 is 0 Å². The molecule has 0 spiro atoms. The topological polar surface area (TPSA) is 57.8 Å². The van der Waals surface area contributed by atoms with E-state index in [0.717, 1.165) is 34.9 Å². The highest BCUT2D eigenvalue weighted by atomic mass is 32.1. The van der Waals surface area contributed by atoms with Gasteiger partial charge in [-0.1, -0.05) is 13.3 Å². The number of nitrogens with zero attached hydrogens (tertiary/aromatic N) is 1. The number of thiophene rings is 1. The van der Waals surface area contributed by atoms with Crippen LogP contribution in [-0.2, 0) is 19.4 Å². The van der Waals surface area contributed by atoms with Crippen molar-refractivity contribution in [2.45, 2.75) is 46.1 Å². The van der Waals surface area contributed by atoms with Gasteiger partial charge in [-0.25, -0.2) is 0 Å². The highest BCUT2D eigenvalue weighted by Gasteiger charge is 2.22. The number of aromatic amines is 1. The Labute approximate surface area is 129 Å². The monoisotopic (exact) mass is 303 g/mol. The number of hydrogen-bond donors (Lipinski definition) is 2. The van der Waals surface area contributed by atoms with Gasteiger partial charge in [0.1, 0.15) is 0 Å². The molecule has 2 N–H and O–H groups in total. The number of hydrogen-bond acceptors (Lipinski definition) is 3. The molecule has 1 aliphatic rings. The van der Waals surface area contributed by atoms with Crippen molar-refractivity contribution in [3.8, 4) is 0 Å². The standard InChI is InChI=1S/C16H21N3OS/c1-3-11-4-5-14-12(6-11)7-15(21-14)16(20)17-8-13-9-18-19-10(13)2/h7,9,11H,3-6,8H2,1-2H3,(H,17,20)(H,18,19). The predicted octanol–water partition coefficient (Wildman–Crippen LogP) is 3.22. The summed E-state index contributed by atoms with van der Waals surface area (Å²) in [4.78, 5) is 14.5. The van der Waals surface area contributed by atoms with Gasteiger partial charge in [0.15, 0.2) is 0 Å². The van der Waals surface area contributed by atoms with Crippen molar-refractivity contribution in [3.05, 3.63) is 38.8 Å². The van der Waals surface area contributed by atoms with Crippen LogP contribution in [0.1, 0.15) is 51.1 Å². The molecule has 5 heteroatoms. The number of nitrogens with one attached hydrogen (secondary N) is 2. The molecule has 21 heavy (non-hydrogen) atoms. The van der Waals surface area contributed by atoms with Crippen molar-refractivity contribution in [1.82, 2.24) is 15.5 Å². The minimum absolute atomic E-state index is 0.0306. The first-order valence-corrected chi connectivity index (χ1v) is 8.37. The lowest BCUT2D eigenvalue weighted by molar-refractivity contribution is 0.0955. The largest absolute Gasteiger partial charge is 0.347 e. The fourth-order valence-electron chi connectivity index (χ4n) is 2.88. The van der Waals surface area contributed by atoms with Crippen LogP contribution in [0.3, 0.4) is 0 Å². The molecule has 4 nitrogen and oxygen atoms in total. The Bertz CT molecular complexity index is 644. The van der Waals surface area contributed by atoms with E-state index < -0.39 is 0 Å². The molecule has 1 unspecified atom stereocenters. The number of carbonyl (C=O) groups is 1. The van der Waals surface area contributed by atoms with E-state index in [1.54, 1.807) is 17.5 Å². The van der Waals surface area contributed by atoms with Crippen LogP contribution in [0.15, 0.2) is 12.3 Å². The van der Waals surface area contributed by atoms with Crippen molar-refractivity contribution >= 4 is 17.2 Å². The summed E-state index contributed by atoms with van der Waals surface area (Å²) >= 11 is 1.66. The first-order valence-electron chi connectivity index (χ1n) is 7.56. The molecular formula is C16H21N3OS. The minimum atomic E-state index is 0.0306. The zero-order valence-corrected chi connectivity index (χ0v) is 13.3. The molecular weight excluding hydrogens is 282 g/mol. The summed E-state index contributed by atoms with van der Waals surface area (Å²) in [5.74, 6) is 0.819. The zero-order chi connectivity index (χ0) is 14.8. The maximum absolute atomic E-state index is 12.3. The van der Waals surface area contributed by atoms with E-state index in [9.17, 15) is 4.79 Å². The van der Waals surface area contributed by atoms with Gasteiger partial charge in [-0.3, -0.25) is 9.89 Å². The van der Waals surface area contributed by atoms with E-state index in [1.807, 2.05) is 6.92 Å². The lowest BCUT2D eigenvalue weighted by Gasteiger charge is -2.19. The Morgan fingerprint density at radius 1 is 1.57 bits per heavy atom. The van der Waals surface area contributed by atoms with Crippen LogP contribution >= 0.6 is 11.3 Å². The van der Waals surface area contributed by atoms with Crippen LogP contribution in [0.2, 0.25) is 0 Å². The maximum Gasteiger partial charge on any atom is 0.261 e. The second-order valence-corrected chi connectivity index (χ2v) is 6.92. The number of rotatable bonds is 4. The van der Waals surface area contributed by atoms with E-state index in [0.29, 0.717) is 6.54 Å². The van der Waals surface area contributed by atoms with Crippen LogP contribution < -0.4 is 5.32 Å². The average Bonchev–Trinajstić information content (AvgIpc) is 3.09. The SMILES string of the molecule is CCC1CCc2sc(C(=O)NCc3cn[nH]c3C)cc2C1. The van der Waals surface area contributed by atoms with E-state index in [2.05, 4.69) is 28.5 Å². The van der Waals surface area contributed by atoms with Gasteiger partial charge < -0.3 is 5.32 Å². The quantitative estimate of drug-likeness (QED) is 0.911. The van der Waals surface area contributed by atoms with Gasteiger partial charge in [-0.2, -0.15) is 5.10 Å². The molecule has 0 radical (unpaired) electrons. The third kappa shape index (κ3) is 3.02. The lowest BCUT2D eigenvalue weighted by Crippen LogP contribution is -2.21. The highest BCUT2D eigenvalue weighted by Crippen LogP contribution is 2.33. The van der Waals surface area contributed by atoms with Gasteiger partial charge in [-0.05, 0) is 43.7 Å². The van der Waals surface area contributed by atoms with Crippen molar-refractivity contribution in [1.29, 1.82) is 0 Å². The molecule has 1 amide bonds. The van der Waals surface area contributed by atoms with E-state index in [4.69, 9.17) is 0 Å². The van der Waals surface area contributed by atoms with Crippen LogP contribution in [0.5, 0.6) is 0 Å². The van der Waals surface area contributed by atoms with Crippen LogP contribution in [0, 0.1) is 12.8 Å². The first kappa shape index (κ1) is 14.3. The van der Waals surface area contributed by atoms with E-state index in [1.165, 1.54) is 23.3 Å². The number of H-pyrrole nitrogens is 1. The Kier molecular flexibility index (Phi) is 4.10. The minimum Gasteiger partial charge on any atom is -0.347 e. The fourth-order valence-corrected chi connectivity index (χ4v) is 4.00. The molecule has 0 bridgehead atoms. The lowest BCUT2D eigenvalue weighted by atomic mass is 9.87. The van der Waals surface area contributed by atoms with Crippen molar-refractivity contribution in [2.75, 3.05) is 0 Å². The number of carbonyl (C=O) groups excluding carboxylic acids is 1. The molecule has 0 saturated carbocycles. The number of fused-ring (bicyclic) bond motifs is 1. The van der Waals surface area contributed by atoms with Crippen LogP contribution in [-0.4, -0.2) is 16.1 Å². The molecule has 112 valence electrons. The summed E-state index contributed by atoms with van der Waals surface area (Å²) in [6.45, 7) is 4.74. The molecule has 0 aromatic carbocycles. The summed E-state index contributed by atoms with van der Waals surface area (Å²) in [6, 6.07) is 2.10. The molecule has 2 heterocycles. The normalized spacial score (nSPS) is 17.5. The molecule has 3 rings (SSSR count). The Hall–Kier alpha value is -1.62. The van der Waals surface area contributed by atoms with Crippen LogP contribution in [0.4, 0.5) is 0 Å². The van der Waals surface area contributed by atoms with E-state index >= 15 is 0 Å². The van der Waals surface area contributed by atoms with Crippen molar-refractivity contribution < 1.29 is 4.79 Å². The smallest absolute Gasteiger partial charge is 0.261 e. The second-order valence-electron chi connectivity index (χ2n) is 5.78. The molecule has 1 atom stereocenters. The summed E-state index contributed by atoms with van der Waals surface area (Å²) < 4.78 is 0. The number of aromatic nitrogens is 2. The maximum atomic E-state index is 12.3. The van der Waals surface area contributed by atoms with Gasteiger partial charge in [0.25, 0.3) is 5.91 Å². The van der Waals surface area contributed by atoms with Gasteiger partial charge in [0, 0.05) is 22.7 Å².